The van der Waals surface area contributed by atoms with Crippen LogP contribution in [0.15, 0.2) is 16.7 Å². The molecule has 94 valence electrons. The highest BCUT2D eigenvalue weighted by atomic mass is 79.9. The summed E-state index contributed by atoms with van der Waals surface area (Å²) in [6.45, 7) is 2.47. The summed E-state index contributed by atoms with van der Waals surface area (Å²) in [6.07, 6.45) is 2.92. The number of ether oxygens (including phenoxy) is 1. The number of pyridine rings is 1. The van der Waals surface area contributed by atoms with Crippen molar-refractivity contribution in [3.05, 3.63) is 22.3 Å². The Kier molecular flexibility index (Phi) is 4.36. The molecule has 0 radical (unpaired) electrons. The van der Waals surface area contributed by atoms with Gasteiger partial charge in [-0.2, -0.15) is 0 Å². The van der Waals surface area contributed by atoms with E-state index in [-0.39, 0.29) is 0 Å². The third-order valence-electron chi connectivity index (χ3n) is 3.06. The SMILES string of the molecule is CNCc1cc(Br)cnc1N(C)C1CCOC1. The number of halogens is 1. The van der Waals surface area contributed by atoms with Crippen molar-refractivity contribution in [1.82, 2.24) is 10.3 Å². The van der Waals surface area contributed by atoms with Crippen molar-refractivity contribution in [1.29, 1.82) is 0 Å². The Hall–Kier alpha value is -0.650. The molecule has 1 fully saturated rings. The summed E-state index contributed by atoms with van der Waals surface area (Å²) in [5.74, 6) is 1.04. The standard InChI is InChI=1S/C12H18BrN3O/c1-14-6-9-5-10(13)7-15-12(9)16(2)11-3-4-17-8-11/h5,7,11,14H,3-4,6,8H2,1-2H3. The van der Waals surface area contributed by atoms with E-state index in [0.29, 0.717) is 6.04 Å². The van der Waals surface area contributed by atoms with E-state index < -0.39 is 0 Å². The number of anilines is 1. The van der Waals surface area contributed by atoms with E-state index in [9.17, 15) is 0 Å². The van der Waals surface area contributed by atoms with Crippen molar-refractivity contribution >= 4 is 21.7 Å². The van der Waals surface area contributed by atoms with Crippen molar-refractivity contribution in [2.24, 2.45) is 0 Å². The van der Waals surface area contributed by atoms with Gasteiger partial charge >= 0.3 is 0 Å². The molecule has 5 heteroatoms. The molecular formula is C12H18BrN3O. The lowest BCUT2D eigenvalue weighted by Crippen LogP contribution is -2.33. The van der Waals surface area contributed by atoms with E-state index >= 15 is 0 Å². The lowest BCUT2D eigenvalue weighted by Gasteiger charge is -2.26. The largest absolute Gasteiger partial charge is 0.379 e. The van der Waals surface area contributed by atoms with E-state index in [4.69, 9.17) is 4.74 Å². The number of nitrogens with zero attached hydrogens (tertiary/aromatic N) is 2. The molecule has 1 saturated heterocycles. The minimum atomic E-state index is 0.444. The molecule has 0 amide bonds. The molecule has 4 nitrogen and oxygen atoms in total. The topological polar surface area (TPSA) is 37.4 Å². The fourth-order valence-electron chi connectivity index (χ4n) is 2.11. The highest BCUT2D eigenvalue weighted by Gasteiger charge is 2.22. The van der Waals surface area contributed by atoms with Crippen molar-refractivity contribution in [2.75, 3.05) is 32.2 Å². The number of likely N-dealkylation sites (N-methyl/N-ethyl adjacent to an activating group) is 1. The molecule has 0 bridgehead atoms. The Bertz CT molecular complexity index is 380. The van der Waals surface area contributed by atoms with Crippen molar-refractivity contribution < 1.29 is 4.74 Å². The van der Waals surface area contributed by atoms with Crippen LogP contribution in [0, 0.1) is 0 Å². The normalized spacial score (nSPS) is 19.6. The molecule has 1 aromatic heterocycles. The van der Waals surface area contributed by atoms with Crippen molar-refractivity contribution in [2.45, 2.75) is 19.0 Å². The van der Waals surface area contributed by atoms with Crippen LogP contribution in [0.2, 0.25) is 0 Å². The van der Waals surface area contributed by atoms with E-state index in [1.165, 1.54) is 5.56 Å². The van der Waals surface area contributed by atoms with Crippen LogP contribution in [0.3, 0.4) is 0 Å². The molecule has 1 aliphatic heterocycles. The maximum atomic E-state index is 5.43. The van der Waals surface area contributed by atoms with Gasteiger partial charge in [-0.05, 0) is 35.5 Å². The molecule has 2 heterocycles. The third-order valence-corrected chi connectivity index (χ3v) is 3.50. The molecule has 2 rings (SSSR count). The zero-order valence-electron chi connectivity index (χ0n) is 10.2. The summed E-state index contributed by atoms with van der Waals surface area (Å²) in [5, 5.41) is 3.18. The van der Waals surface area contributed by atoms with E-state index in [1.807, 2.05) is 13.2 Å². The monoisotopic (exact) mass is 299 g/mol. The van der Waals surface area contributed by atoms with Gasteiger partial charge in [0.05, 0.1) is 12.6 Å². The quantitative estimate of drug-likeness (QED) is 0.920. The summed E-state index contributed by atoms with van der Waals surface area (Å²) in [6, 6.07) is 2.56. The van der Waals surface area contributed by atoms with Gasteiger partial charge in [0, 0.05) is 36.4 Å². The van der Waals surface area contributed by atoms with Gasteiger partial charge in [0.15, 0.2) is 0 Å². The molecule has 1 atom stereocenters. The van der Waals surface area contributed by atoms with Gasteiger partial charge in [0.2, 0.25) is 0 Å². The number of hydrogen-bond acceptors (Lipinski definition) is 4. The lowest BCUT2D eigenvalue weighted by molar-refractivity contribution is 0.193. The van der Waals surface area contributed by atoms with Crippen LogP contribution in [-0.2, 0) is 11.3 Å². The van der Waals surface area contributed by atoms with Gasteiger partial charge in [-0.1, -0.05) is 0 Å². The highest BCUT2D eigenvalue weighted by Crippen LogP contribution is 2.24. The minimum Gasteiger partial charge on any atom is -0.379 e. The van der Waals surface area contributed by atoms with Crippen LogP contribution >= 0.6 is 15.9 Å². The minimum absolute atomic E-state index is 0.444. The third kappa shape index (κ3) is 2.97. The Morgan fingerprint density at radius 1 is 1.65 bits per heavy atom. The second-order valence-electron chi connectivity index (χ2n) is 4.29. The van der Waals surface area contributed by atoms with Crippen LogP contribution < -0.4 is 10.2 Å². The van der Waals surface area contributed by atoms with Gasteiger partial charge in [-0.15, -0.1) is 0 Å². The van der Waals surface area contributed by atoms with Crippen LogP contribution in [-0.4, -0.2) is 38.3 Å². The molecule has 1 aliphatic rings. The predicted octanol–water partition coefficient (Wildman–Crippen LogP) is 1.79. The first-order valence-corrected chi connectivity index (χ1v) is 6.61. The van der Waals surface area contributed by atoms with Gasteiger partial charge in [0.25, 0.3) is 0 Å². The summed E-state index contributed by atoms with van der Waals surface area (Å²) >= 11 is 3.47. The van der Waals surface area contributed by atoms with Crippen LogP contribution in [0.25, 0.3) is 0 Å². The molecule has 1 aromatic rings. The Labute approximate surface area is 110 Å². The fraction of sp³-hybridized carbons (Fsp3) is 0.583. The van der Waals surface area contributed by atoms with Crippen molar-refractivity contribution in [3.63, 3.8) is 0 Å². The molecule has 17 heavy (non-hydrogen) atoms. The predicted molar refractivity (Wildman–Crippen MR) is 72.3 cm³/mol. The van der Waals surface area contributed by atoms with E-state index in [0.717, 1.165) is 36.5 Å². The second-order valence-corrected chi connectivity index (χ2v) is 5.21. The number of aromatic nitrogens is 1. The maximum absolute atomic E-state index is 5.43. The lowest BCUT2D eigenvalue weighted by atomic mass is 10.2. The van der Waals surface area contributed by atoms with Crippen molar-refractivity contribution in [3.8, 4) is 0 Å². The van der Waals surface area contributed by atoms with Gasteiger partial charge in [-0.3, -0.25) is 0 Å². The van der Waals surface area contributed by atoms with Crippen LogP contribution in [0.4, 0.5) is 5.82 Å². The van der Waals surface area contributed by atoms with Gasteiger partial charge < -0.3 is 15.0 Å². The van der Waals surface area contributed by atoms with Gasteiger partial charge in [0.1, 0.15) is 5.82 Å². The zero-order valence-corrected chi connectivity index (χ0v) is 11.8. The molecule has 0 spiro atoms. The highest BCUT2D eigenvalue weighted by molar-refractivity contribution is 9.10. The first kappa shape index (κ1) is 12.8. The second kappa shape index (κ2) is 5.80. The summed E-state index contributed by atoms with van der Waals surface area (Å²) in [4.78, 5) is 6.75. The molecular weight excluding hydrogens is 282 g/mol. The molecule has 0 aromatic carbocycles. The summed E-state index contributed by atoms with van der Waals surface area (Å²) in [5.41, 5.74) is 1.20. The van der Waals surface area contributed by atoms with E-state index in [2.05, 4.69) is 44.2 Å². The average Bonchev–Trinajstić information content (AvgIpc) is 2.82. The Morgan fingerprint density at radius 2 is 2.47 bits per heavy atom. The molecule has 0 aliphatic carbocycles. The number of rotatable bonds is 4. The Balaban J connectivity index is 2.23. The fourth-order valence-corrected chi connectivity index (χ4v) is 2.49. The first-order valence-electron chi connectivity index (χ1n) is 5.82. The molecule has 1 N–H and O–H groups in total. The number of hydrogen-bond donors (Lipinski definition) is 1. The summed E-state index contributed by atoms with van der Waals surface area (Å²) < 4.78 is 6.45. The molecule has 0 saturated carbocycles. The van der Waals surface area contributed by atoms with Crippen LogP contribution in [0.1, 0.15) is 12.0 Å². The zero-order chi connectivity index (χ0) is 12.3. The maximum Gasteiger partial charge on any atom is 0.133 e. The Morgan fingerprint density at radius 3 is 3.12 bits per heavy atom. The van der Waals surface area contributed by atoms with E-state index in [1.54, 1.807) is 0 Å². The number of nitrogens with one attached hydrogen (secondary N) is 1. The average molecular weight is 300 g/mol. The van der Waals surface area contributed by atoms with Crippen LogP contribution in [0.5, 0.6) is 0 Å². The smallest absolute Gasteiger partial charge is 0.133 e. The van der Waals surface area contributed by atoms with Gasteiger partial charge in [-0.25, -0.2) is 4.98 Å². The first-order chi connectivity index (χ1) is 8.22. The summed E-state index contributed by atoms with van der Waals surface area (Å²) in [7, 11) is 4.04. The molecule has 1 unspecified atom stereocenters.